The van der Waals surface area contributed by atoms with Crippen molar-refractivity contribution in [3.8, 4) is 0 Å². The molecule has 0 bridgehead atoms. The first-order chi connectivity index (χ1) is 9.35. The maximum absolute atomic E-state index is 3.60. The molecule has 0 heterocycles. The van der Waals surface area contributed by atoms with Crippen molar-refractivity contribution in [3.05, 3.63) is 35.4 Å². The summed E-state index contributed by atoms with van der Waals surface area (Å²) in [4.78, 5) is 0. The normalized spacial score (nSPS) is 18.4. The summed E-state index contributed by atoms with van der Waals surface area (Å²) >= 11 is 0. The highest BCUT2D eigenvalue weighted by Gasteiger charge is 2.16. The first-order valence-corrected chi connectivity index (χ1v) is 8.18. The van der Waals surface area contributed by atoms with Gasteiger partial charge >= 0.3 is 0 Å². The fourth-order valence-electron chi connectivity index (χ4n) is 3.36. The molecule has 1 fully saturated rings. The fraction of sp³-hybridized carbons (Fsp3) is 0.667. The van der Waals surface area contributed by atoms with Crippen LogP contribution in [0.2, 0.25) is 0 Å². The lowest BCUT2D eigenvalue weighted by Crippen LogP contribution is -2.20. The van der Waals surface area contributed by atoms with E-state index in [1.54, 1.807) is 5.56 Å². The summed E-state index contributed by atoms with van der Waals surface area (Å²) in [5.41, 5.74) is 3.03. The van der Waals surface area contributed by atoms with E-state index in [9.17, 15) is 0 Å². The van der Waals surface area contributed by atoms with Crippen molar-refractivity contribution in [2.24, 2.45) is 0 Å². The third-order valence-corrected chi connectivity index (χ3v) is 4.44. The highest BCUT2D eigenvalue weighted by Crippen LogP contribution is 2.33. The zero-order valence-electron chi connectivity index (χ0n) is 12.6. The Morgan fingerprint density at radius 1 is 1.05 bits per heavy atom. The Kier molecular flexibility index (Phi) is 5.91. The Bertz CT molecular complexity index is 342. The zero-order valence-corrected chi connectivity index (χ0v) is 12.6. The van der Waals surface area contributed by atoms with Gasteiger partial charge in [-0.25, -0.2) is 0 Å². The molecule has 0 saturated heterocycles. The quantitative estimate of drug-likeness (QED) is 0.741. The second-order valence-electron chi connectivity index (χ2n) is 5.90. The van der Waals surface area contributed by atoms with Gasteiger partial charge in [-0.05, 0) is 42.9 Å². The van der Waals surface area contributed by atoms with Gasteiger partial charge in [0.05, 0.1) is 0 Å². The number of benzene rings is 1. The summed E-state index contributed by atoms with van der Waals surface area (Å²) in [7, 11) is 0. The first-order valence-electron chi connectivity index (χ1n) is 8.18. The lowest BCUT2D eigenvalue weighted by molar-refractivity contribution is 0.443. The Morgan fingerprint density at radius 2 is 1.74 bits per heavy atom. The Morgan fingerprint density at radius 3 is 2.32 bits per heavy atom. The van der Waals surface area contributed by atoms with Crippen LogP contribution >= 0.6 is 0 Å². The minimum Gasteiger partial charge on any atom is -0.310 e. The summed E-state index contributed by atoms with van der Waals surface area (Å²) in [5, 5.41) is 3.60. The molecule has 1 aromatic carbocycles. The monoisotopic (exact) mass is 259 g/mol. The van der Waals surface area contributed by atoms with E-state index in [1.807, 2.05) is 0 Å². The average Bonchev–Trinajstić information content (AvgIpc) is 2.48. The summed E-state index contributed by atoms with van der Waals surface area (Å²) in [5.74, 6) is 0.826. The van der Waals surface area contributed by atoms with Crippen LogP contribution in [-0.2, 0) is 0 Å². The van der Waals surface area contributed by atoms with E-state index in [-0.39, 0.29) is 0 Å². The second-order valence-corrected chi connectivity index (χ2v) is 5.90. The first kappa shape index (κ1) is 14.6. The van der Waals surface area contributed by atoms with Crippen molar-refractivity contribution >= 4 is 0 Å². The van der Waals surface area contributed by atoms with E-state index in [0.717, 1.165) is 12.5 Å². The maximum atomic E-state index is 3.60. The molecule has 1 N–H and O–H groups in total. The van der Waals surface area contributed by atoms with Crippen molar-refractivity contribution in [3.63, 3.8) is 0 Å². The van der Waals surface area contributed by atoms with Crippen LogP contribution < -0.4 is 5.32 Å². The van der Waals surface area contributed by atoms with Gasteiger partial charge in [0.15, 0.2) is 0 Å². The number of rotatable bonds is 6. The van der Waals surface area contributed by atoms with Crippen molar-refractivity contribution in [2.45, 2.75) is 70.8 Å². The van der Waals surface area contributed by atoms with Crippen molar-refractivity contribution in [1.82, 2.24) is 5.32 Å². The molecule has 0 aliphatic heterocycles. The molecule has 0 spiro atoms. The van der Waals surface area contributed by atoms with Crippen molar-refractivity contribution in [2.75, 3.05) is 6.54 Å². The van der Waals surface area contributed by atoms with Crippen molar-refractivity contribution < 1.29 is 0 Å². The van der Waals surface area contributed by atoms with Gasteiger partial charge in [-0.15, -0.1) is 0 Å². The molecular weight excluding hydrogens is 230 g/mol. The smallest absolute Gasteiger partial charge is 0.0320 e. The minimum atomic E-state index is 0.537. The predicted molar refractivity (Wildman–Crippen MR) is 83.6 cm³/mol. The van der Waals surface area contributed by atoms with Crippen molar-refractivity contribution in [1.29, 1.82) is 0 Å². The molecule has 1 heteroatoms. The van der Waals surface area contributed by atoms with E-state index in [1.165, 1.54) is 50.5 Å². The number of nitrogens with one attached hydrogen (secondary N) is 1. The topological polar surface area (TPSA) is 12.0 Å². The van der Waals surface area contributed by atoms with Gasteiger partial charge in [0.25, 0.3) is 0 Å². The van der Waals surface area contributed by atoms with Crippen LogP contribution in [0.3, 0.4) is 0 Å². The fourth-order valence-corrected chi connectivity index (χ4v) is 3.36. The molecule has 1 atom stereocenters. The van der Waals surface area contributed by atoms with Crippen LogP contribution in [-0.4, -0.2) is 6.54 Å². The molecule has 1 aliphatic carbocycles. The summed E-state index contributed by atoms with van der Waals surface area (Å²) in [6, 6.07) is 10.0. The molecule has 19 heavy (non-hydrogen) atoms. The molecule has 0 amide bonds. The lowest BCUT2D eigenvalue weighted by Gasteiger charge is -2.23. The summed E-state index contributed by atoms with van der Waals surface area (Å²) < 4.78 is 0. The molecular formula is C18H29N. The van der Waals surface area contributed by atoms with Gasteiger partial charge < -0.3 is 5.32 Å². The van der Waals surface area contributed by atoms with Gasteiger partial charge in [0, 0.05) is 6.04 Å². The Labute approximate surface area is 118 Å². The van der Waals surface area contributed by atoms with Gasteiger partial charge in [0.2, 0.25) is 0 Å². The van der Waals surface area contributed by atoms with Crippen LogP contribution in [0.4, 0.5) is 0 Å². The van der Waals surface area contributed by atoms with E-state index < -0.39 is 0 Å². The van der Waals surface area contributed by atoms with Crippen LogP contribution in [0.25, 0.3) is 0 Å². The number of hydrogen-bond acceptors (Lipinski definition) is 1. The second kappa shape index (κ2) is 7.69. The maximum Gasteiger partial charge on any atom is 0.0320 e. The summed E-state index contributed by atoms with van der Waals surface area (Å²) in [6.07, 6.45) is 9.53. The molecule has 1 unspecified atom stereocenters. The van der Waals surface area contributed by atoms with Crippen LogP contribution in [0.1, 0.15) is 81.9 Å². The lowest BCUT2D eigenvalue weighted by atomic mass is 9.83. The molecule has 0 radical (unpaired) electrons. The Balaban J connectivity index is 2.03. The third kappa shape index (κ3) is 4.07. The molecule has 1 aliphatic rings. The minimum absolute atomic E-state index is 0.537. The van der Waals surface area contributed by atoms with Crippen LogP contribution in [0, 0.1) is 0 Å². The van der Waals surface area contributed by atoms with Crippen LogP contribution in [0.15, 0.2) is 24.3 Å². The molecule has 0 aromatic heterocycles. The third-order valence-electron chi connectivity index (χ3n) is 4.44. The molecule has 106 valence electrons. The SMILES string of the molecule is CCCC(NCC)c1ccc(C2CCCCC2)cc1. The van der Waals surface area contributed by atoms with E-state index in [0.29, 0.717) is 6.04 Å². The van der Waals surface area contributed by atoms with Gasteiger partial charge in [-0.3, -0.25) is 0 Å². The zero-order chi connectivity index (χ0) is 13.5. The molecule has 1 saturated carbocycles. The van der Waals surface area contributed by atoms with Gasteiger partial charge in [-0.1, -0.05) is 63.8 Å². The molecule has 2 rings (SSSR count). The van der Waals surface area contributed by atoms with E-state index in [2.05, 4.69) is 43.4 Å². The highest BCUT2D eigenvalue weighted by molar-refractivity contribution is 5.27. The standard InChI is InChI=1S/C18H29N/c1-3-8-18(19-4-2)17-13-11-16(12-14-17)15-9-6-5-7-10-15/h11-15,18-19H,3-10H2,1-2H3. The van der Waals surface area contributed by atoms with Gasteiger partial charge in [-0.2, -0.15) is 0 Å². The van der Waals surface area contributed by atoms with Gasteiger partial charge in [0.1, 0.15) is 0 Å². The van der Waals surface area contributed by atoms with E-state index >= 15 is 0 Å². The highest BCUT2D eigenvalue weighted by atomic mass is 14.9. The largest absolute Gasteiger partial charge is 0.310 e. The number of hydrogen-bond donors (Lipinski definition) is 1. The Hall–Kier alpha value is -0.820. The summed E-state index contributed by atoms with van der Waals surface area (Å²) in [6.45, 7) is 5.51. The average molecular weight is 259 g/mol. The van der Waals surface area contributed by atoms with Crippen LogP contribution in [0.5, 0.6) is 0 Å². The molecule has 1 nitrogen and oxygen atoms in total. The predicted octanol–water partition coefficient (Wildman–Crippen LogP) is 5.19. The van der Waals surface area contributed by atoms with E-state index in [4.69, 9.17) is 0 Å². The molecule has 1 aromatic rings.